The molecule has 0 N–H and O–H groups in total. The van der Waals surface area contributed by atoms with Crippen molar-refractivity contribution < 1.29 is 13.7 Å². The van der Waals surface area contributed by atoms with E-state index in [1.54, 1.807) is 39.8 Å². The van der Waals surface area contributed by atoms with Crippen molar-refractivity contribution in [1.82, 2.24) is 24.9 Å². The van der Waals surface area contributed by atoms with Gasteiger partial charge in [-0.15, -0.1) is 22.7 Å². The van der Waals surface area contributed by atoms with Crippen LogP contribution in [0.15, 0.2) is 51.7 Å². The number of halogens is 1. The molecule has 7 nitrogen and oxygen atoms in total. The van der Waals surface area contributed by atoms with Gasteiger partial charge in [-0.2, -0.15) is 4.98 Å². The van der Waals surface area contributed by atoms with Gasteiger partial charge in [-0.05, 0) is 23.6 Å². The first-order valence-electron chi connectivity index (χ1n) is 9.76. The Balaban J connectivity index is 1.18. The standard InChI is InChI=1S/C21H18FN5O2S2/c22-15-5-2-1-4-14(15)20-23-16(13-31-20)21(28)27-9-7-26(8-10-27)12-18-24-19(25-29-18)17-6-3-11-30-17/h1-6,11,13H,7-10,12H2. The summed E-state index contributed by atoms with van der Waals surface area (Å²) in [6.45, 7) is 3.11. The molecule has 1 aliphatic heterocycles. The zero-order chi connectivity index (χ0) is 21.2. The normalized spacial score (nSPS) is 14.8. The van der Waals surface area contributed by atoms with Crippen LogP contribution in [0, 0.1) is 5.82 Å². The van der Waals surface area contributed by atoms with Gasteiger partial charge in [-0.1, -0.05) is 23.4 Å². The lowest BCUT2D eigenvalue weighted by molar-refractivity contribution is 0.0610. The van der Waals surface area contributed by atoms with Crippen molar-refractivity contribution in [3.8, 4) is 21.3 Å². The van der Waals surface area contributed by atoms with Gasteiger partial charge in [-0.3, -0.25) is 9.69 Å². The van der Waals surface area contributed by atoms with Crippen LogP contribution in [0.4, 0.5) is 4.39 Å². The van der Waals surface area contributed by atoms with E-state index in [9.17, 15) is 9.18 Å². The summed E-state index contributed by atoms with van der Waals surface area (Å²) in [6, 6.07) is 10.4. The van der Waals surface area contributed by atoms with Gasteiger partial charge in [0, 0.05) is 37.1 Å². The second kappa shape index (κ2) is 8.66. The Hall–Kier alpha value is -2.95. The molecule has 3 aromatic heterocycles. The molecule has 4 aromatic rings. The van der Waals surface area contributed by atoms with E-state index in [0.717, 1.165) is 4.88 Å². The van der Waals surface area contributed by atoms with Crippen molar-refractivity contribution in [2.24, 2.45) is 0 Å². The number of amides is 1. The average Bonchev–Trinajstić information content (AvgIpc) is 3.55. The van der Waals surface area contributed by atoms with Crippen LogP contribution in [0.3, 0.4) is 0 Å². The first-order chi connectivity index (χ1) is 15.2. The van der Waals surface area contributed by atoms with E-state index in [-0.39, 0.29) is 11.7 Å². The minimum Gasteiger partial charge on any atom is -0.338 e. The van der Waals surface area contributed by atoms with Gasteiger partial charge < -0.3 is 9.42 Å². The van der Waals surface area contributed by atoms with Crippen molar-refractivity contribution in [2.45, 2.75) is 6.54 Å². The maximum Gasteiger partial charge on any atom is 0.273 e. The number of rotatable bonds is 5. The topological polar surface area (TPSA) is 75.4 Å². The first-order valence-corrected chi connectivity index (χ1v) is 11.5. The average molecular weight is 456 g/mol. The zero-order valence-electron chi connectivity index (χ0n) is 16.4. The molecule has 31 heavy (non-hydrogen) atoms. The van der Waals surface area contributed by atoms with E-state index in [1.165, 1.54) is 17.4 Å². The molecule has 0 unspecified atom stereocenters. The van der Waals surface area contributed by atoms with E-state index in [4.69, 9.17) is 4.52 Å². The minimum atomic E-state index is -0.340. The smallest absolute Gasteiger partial charge is 0.273 e. The predicted molar refractivity (Wildman–Crippen MR) is 116 cm³/mol. The fourth-order valence-electron chi connectivity index (χ4n) is 3.42. The lowest BCUT2D eigenvalue weighted by Gasteiger charge is -2.33. The molecule has 0 atom stereocenters. The SMILES string of the molecule is O=C(c1csc(-c2ccccc2F)n1)N1CCN(Cc2nc(-c3cccs3)no2)CC1. The zero-order valence-corrected chi connectivity index (χ0v) is 18.0. The summed E-state index contributed by atoms with van der Waals surface area (Å²) in [5, 5.41) is 8.22. The molecule has 1 fully saturated rings. The second-order valence-electron chi connectivity index (χ2n) is 7.08. The molecule has 158 valence electrons. The molecule has 5 rings (SSSR count). The predicted octanol–water partition coefficient (Wildman–Crippen LogP) is 4.02. The maximum atomic E-state index is 14.0. The Morgan fingerprint density at radius 3 is 2.68 bits per heavy atom. The molecule has 1 amide bonds. The van der Waals surface area contributed by atoms with Gasteiger partial charge in [-0.25, -0.2) is 9.37 Å². The van der Waals surface area contributed by atoms with Crippen molar-refractivity contribution in [3.63, 3.8) is 0 Å². The van der Waals surface area contributed by atoms with Gasteiger partial charge in [0.05, 0.1) is 11.4 Å². The van der Waals surface area contributed by atoms with Crippen LogP contribution in [-0.2, 0) is 6.54 Å². The van der Waals surface area contributed by atoms with E-state index >= 15 is 0 Å². The van der Waals surface area contributed by atoms with Crippen LogP contribution in [0.2, 0.25) is 0 Å². The third kappa shape index (κ3) is 4.27. The number of thiazole rings is 1. The van der Waals surface area contributed by atoms with Gasteiger partial charge in [0.15, 0.2) is 0 Å². The Morgan fingerprint density at radius 1 is 1.06 bits per heavy atom. The Bertz CT molecular complexity index is 1180. The van der Waals surface area contributed by atoms with E-state index < -0.39 is 0 Å². The van der Waals surface area contributed by atoms with Crippen LogP contribution in [0.1, 0.15) is 16.4 Å². The molecular weight excluding hydrogens is 437 g/mol. The fraction of sp³-hybridized carbons (Fsp3) is 0.238. The fourth-order valence-corrected chi connectivity index (χ4v) is 4.89. The Morgan fingerprint density at radius 2 is 1.90 bits per heavy atom. The van der Waals surface area contributed by atoms with Crippen molar-refractivity contribution >= 4 is 28.6 Å². The number of carbonyl (C=O) groups excluding carboxylic acids is 1. The molecule has 1 saturated heterocycles. The largest absolute Gasteiger partial charge is 0.338 e. The summed E-state index contributed by atoms with van der Waals surface area (Å²) in [4.78, 5) is 26.6. The summed E-state index contributed by atoms with van der Waals surface area (Å²) in [6.07, 6.45) is 0. The number of aromatic nitrogens is 3. The summed E-state index contributed by atoms with van der Waals surface area (Å²) in [5.41, 5.74) is 0.770. The quantitative estimate of drug-likeness (QED) is 0.453. The highest BCUT2D eigenvalue weighted by Gasteiger charge is 2.25. The number of hydrogen-bond donors (Lipinski definition) is 0. The molecule has 0 bridgehead atoms. The molecule has 0 radical (unpaired) electrons. The van der Waals surface area contributed by atoms with E-state index in [0.29, 0.717) is 60.7 Å². The van der Waals surface area contributed by atoms with Gasteiger partial charge in [0.25, 0.3) is 5.91 Å². The number of carbonyl (C=O) groups is 1. The number of hydrogen-bond acceptors (Lipinski definition) is 8. The van der Waals surface area contributed by atoms with Gasteiger partial charge in [0.2, 0.25) is 11.7 Å². The lowest BCUT2D eigenvalue weighted by Crippen LogP contribution is -2.48. The highest BCUT2D eigenvalue weighted by molar-refractivity contribution is 7.13. The molecule has 1 aromatic carbocycles. The highest BCUT2D eigenvalue weighted by atomic mass is 32.1. The number of nitrogens with zero attached hydrogens (tertiary/aromatic N) is 5. The maximum absolute atomic E-state index is 14.0. The summed E-state index contributed by atoms with van der Waals surface area (Å²) in [5.74, 6) is 0.703. The summed E-state index contributed by atoms with van der Waals surface area (Å²) < 4.78 is 19.4. The third-order valence-electron chi connectivity index (χ3n) is 5.06. The molecular formula is C21H18FN5O2S2. The molecule has 10 heteroatoms. The Kier molecular flexibility index (Phi) is 5.58. The van der Waals surface area contributed by atoms with Crippen LogP contribution < -0.4 is 0 Å². The molecule has 1 aliphatic rings. The first kappa shape index (κ1) is 20.0. The molecule has 0 spiro atoms. The Labute approximate surface area is 185 Å². The van der Waals surface area contributed by atoms with Gasteiger partial charge in [0.1, 0.15) is 16.5 Å². The van der Waals surface area contributed by atoms with E-state index in [2.05, 4.69) is 20.0 Å². The summed E-state index contributed by atoms with van der Waals surface area (Å²) in [7, 11) is 0. The number of piperazine rings is 1. The van der Waals surface area contributed by atoms with Crippen LogP contribution in [-0.4, -0.2) is 57.0 Å². The lowest BCUT2D eigenvalue weighted by atomic mass is 10.2. The van der Waals surface area contributed by atoms with Crippen LogP contribution in [0.25, 0.3) is 21.3 Å². The molecule has 0 aliphatic carbocycles. The second-order valence-corrected chi connectivity index (χ2v) is 8.88. The number of benzene rings is 1. The number of thiophene rings is 1. The monoisotopic (exact) mass is 455 g/mol. The minimum absolute atomic E-state index is 0.128. The van der Waals surface area contributed by atoms with Crippen LogP contribution >= 0.6 is 22.7 Å². The van der Waals surface area contributed by atoms with Crippen molar-refractivity contribution in [3.05, 3.63) is 64.6 Å². The van der Waals surface area contributed by atoms with Crippen LogP contribution in [0.5, 0.6) is 0 Å². The van der Waals surface area contributed by atoms with Crippen molar-refractivity contribution in [2.75, 3.05) is 26.2 Å². The van der Waals surface area contributed by atoms with Crippen molar-refractivity contribution in [1.29, 1.82) is 0 Å². The molecule has 0 saturated carbocycles. The molecule has 4 heterocycles. The van der Waals surface area contributed by atoms with E-state index in [1.807, 2.05) is 17.5 Å². The third-order valence-corrected chi connectivity index (χ3v) is 6.80. The highest BCUT2D eigenvalue weighted by Crippen LogP contribution is 2.27. The summed E-state index contributed by atoms with van der Waals surface area (Å²) >= 11 is 2.85. The van der Waals surface area contributed by atoms with Gasteiger partial charge >= 0.3 is 0 Å².